The molecule has 0 fully saturated rings. The van der Waals surface area contributed by atoms with Crippen molar-refractivity contribution in [2.75, 3.05) is 33.9 Å². The molecule has 18 heavy (non-hydrogen) atoms. The summed E-state index contributed by atoms with van der Waals surface area (Å²) in [7, 11) is 3.87. The van der Waals surface area contributed by atoms with Gasteiger partial charge in [0, 0.05) is 32.3 Å². The lowest BCUT2D eigenvalue weighted by atomic mass is 9.97. The molecule has 0 aliphatic heterocycles. The first kappa shape index (κ1) is 17.9. The fraction of sp³-hybridized carbons (Fsp3) is 1.00. The predicted molar refractivity (Wildman–Crippen MR) is 80.1 cm³/mol. The van der Waals surface area contributed by atoms with E-state index in [0.29, 0.717) is 12.1 Å². The van der Waals surface area contributed by atoms with E-state index in [9.17, 15) is 0 Å². The van der Waals surface area contributed by atoms with Crippen LogP contribution in [0.3, 0.4) is 0 Å². The summed E-state index contributed by atoms with van der Waals surface area (Å²) in [5.41, 5.74) is 0. The molecule has 0 aliphatic carbocycles. The Hall–Kier alpha value is -0.120. The van der Waals surface area contributed by atoms with Crippen LogP contribution < -0.4 is 5.32 Å². The molecule has 2 unspecified atom stereocenters. The normalized spacial score (nSPS) is 15.3. The summed E-state index contributed by atoms with van der Waals surface area (Å²) in [5, 5.41) is 3.48. The topological polar surface area (TPSA) is 24.5 Å². The predicted octanol–water partition coefficient (Wildman–Crippen LogP) is 2.76. The molecule has 0 saturated heterocycles. The Morgan fingerprint density at radius 2 is 1.72 bits per heavy atom. The molecular formula is C15H34N2O. The number of likely N-dealkylation sites (N-methyl/N-ethyl adjacent to an activating group) is 1. The molecule has 0 aliphatic rings. The van der Waals surface area contributed by atoms with Gasteiger partial charge in [-0.25, -0.2) is 0 Å². The Morgan fingerprint density at radius 3 is 2.11 bits per heavy atom. The Balaban J connectivity index is 4.52. The minimum absolute atomic E-state index is 0.576. The molecule has 0 aromatic heterocycles. The number of rotatable bonds is 11. The van der Waals surface area contributed by atoms with Gasteiger partial charge in [-0.3, -0.25) is 4.90 Å². The maximum Gasteiger partial charge on any atom is 0.0589 e. The SMILES string of the molecule is CCC(C)C(CN(CCOC)C(CC)CC)NC. The maximum absolute atomic E-state index is 5.25. The van der Waals surface area contributed by atoms with Crippen LogP contribution in [0.1, 0.15) is 47.0 Å². The third-order valence-corrected chi connectivity index (χ3v) is 4.17. The zero-order valence-electron chi connectivity index (χ0n) is 13.3. The Bertz CT molecular complexity index is 183. The summed E-state index contributed by atoms with van der Waals surface area (Å²) < 4.78 is 5.25. The first-order valence-electron chi connectivity index (χ1n) is 7.54. The third-order valence-electron chi connectivity index (χ3n) is 4.17. The van der Waals surface area contributed by atoms with Gasteiger partial charge in [-0.1, -0.05) is 34.1 Å². The van der Waals surface area contributed by atoms with Gasteiger partial charge >= 0.3 is 0 Å². The van der Waals surface area contributed by atoms with Crippen LogP contribution in [-0.4, -0.2) is 50.8 Å². The average Bonchev–Trinajstić information content (AvgIpc) is 2.41. The Morgan fingerprint density at radius 1 is 1.11 bits per heavy atom. The van der Waals surface area contributed by atoms with Crippen molar-refractivity contribution in [3.05, 3.63) is 0 Å². The van der Waals surface area contributed by atoms with Crippen LogP contribution in [0.5, 0.6) is 0 Å². The monoisotopic (exact) mass is 258 g/mol. The standard InChI is InChI=1S/C15H34N2O/c1-7-13(4)15(16-5)12-17(10-11-18-6)14(8-2)9-3/h13-16H,7-12H2,1-6H3. The quantitative estimate of drug-likeness (QED) is 0.617. The molecule has 0 radical (unpaired) electrons. The summed E-state index contributed by atoms with van der Waals surface area (Å²) in [6.45, 7) is 12.2. The number of ether oxygens (including phenoxy) is 1. The summed E-state index contributed by atoms with van der Waals surface area (Å²) in [5.74, 6) is 0.717. The summed E-state index contributed by atoms with van der Waals surface area (Å²) in [4.78, 5) is 2.59. The van der Waals surface area contributed by atoms with E-state index < -0.39 is 0 Å². The molecule has 0 spiro atoms. The minimum atomic E-state index is 0.576. The van der Waals surface area contributed by atoms with E-state index in [1.807, 2.05) is 0 Å². The highest BCUT2D eigenvalue weighted by Gasteiger charge is 2.21. The number of hydrogen-bond donors (Lipinski definition) is 1. The Labute approximate surface area is 114 Å². The minimum Gasteiger partial charge on any atom is -0.383 e. The lowest BCUT2D eigenvalue weighted by Gasteiger charge is -2.35. The number of methoxy groups -OCH3 is 1. The Kier molecular flexibility index (Phi) is 10.7. The second-order valence-corrected chi connectivity index (χ2v) is 5.24. The highest BCUT2D eigenvalue weighted by molar-refractivity contribution is 4.79. The maximum atomic E-state index is 5.25. The molecule has 0 heterocycles. The molecule has 0 aromatic rings. The van der Waals surface area contributed by atoms with Crippen LogP contribution in [0.25, 0.3) is 0 Å². The van der Waals surface area contributed by atoms with E-state index in [1.54, 1.807) is 7.11 Å². The second kappa shape index (κ2) is 10.8. The van der Waals surface area contributed by atoms with Crippen molar-refractivity contribution >= 4 is 0 Å². The molecule has 0 bridgehead atoms. The molecule has 3 heteroatoms. The van der Waals surface area contributed by atoms with Crippen molar-refractivity contribution in [2.45, 2.75) is 59.0 Å². The zero-order chi connectivity index (χ0) is 14.0. The molecule has 2 atom stereocenters. The molecule has 1 N–H and O–H groups in total. The molecule has 110 valence electrons. The van der Waals surface area contributed by atoms with E-state index in [4.69, 9.17) is 4.74 Å². The first-order chi connectivity index (χ1) is 8.64. The largest absolute Gasteiger partial charge is 0.383 e. The number of hydrogen-bond acceptors (Lipinski definition) is 3. The summed E-state index contributed by atoms with van der Waals surface area (Å²) in [6.07, 6.45) is 3.67. The third kappa shape index (κ3) is 6.17. The smallest absolute Gasteiger partial charge is 0.0589 e. The van der Waals surface area contributed by atoms with E-state index in [2.05, 4.69) is 45.0 Å². The lowest BCUT2D eigenvalue weighted by molar-refractivity contribution is 0.100. The summed E-state index contributed by atoms with van der Waals surface area (Å²) >= 11 is 0. The van der Waals surface area contributed by atoms with E-state index in [0.717, 1.165) is 25.6 Å². The fourth-order valence-electron chi connectivity index (χ4n) is 2.53. The van der Waals surface area contributed by atoms with Crippen molar-refractivity contribution < 1.29 is 4.74 Å². The van der Waals surface area contributed by atoms with Crippen LogP contribution >= 0.6 is 0 Å². The van der Waals surface area contributed by atoms with Crippen LogP contribution in [0.15, 0.2) is 0 Å². The number of nitrogens with one attached hydrogen (secondary N) is 1. The van der Waals surface area contributed by atoms with Crippen LogP contribution in [0.2, 0.25) is 0 Å². The van der Waals surface area contributed by atoms with Gasteiger partial charge in [0.1, 0.15) is 0 Å². The van der Waals surface area contributed by atoms with Gasteiger partial charge in [0.2, 0.25) is 0 Å². The van der Waals surface area contributed by atoms with Gasteiger partial charge in [0.25, 0.3) is 0 Å². The van der Waals surface area contributed by atoms with Gasteiger partial charge in [-0.2, -0.15) is 0 Å². The van der Waals surface area contributed by atoms with Crippen molar-refractivity contribution in [1.29, 1.82) is 0 Å². The highest BCUT2D eigenvalue weighted by atomic mass is 16.5. The van der Waals surface area contributed by atoms with Crippen molar-refractivity contribution in [3.63, 3.8) is 0 Å². The zero-order valence-corrected chi connectivity index (χ0v) is 13.3. The van der Waals surface area contributed by atoms with E-state index in [1.165, 1.54) is 19.3 Å². The van der Waals surface area contributed by atoms with Gasteiger partial charge < -0.3 is 10.1 Å². The summed E-state index contributed by atoms with van der Waals surface area (Å²) in [6, 6.07) is 1.26. The number of nitrogens with zero attached hydrogens (tertiary/aromatic N) is 1. The molecule has 0 amide bonds. The van der Waals surface area contributed by atoms with Gasteiger partial charge in [0.05, 0.1) is 6.61 Å². The first-order valence-corrected chi connectivity index (χ1v) is 7.54. The molecule has 0 aromatic carbocycles. The molecule has 0 rings (SSSR count). The molecule has 3 nitrogen and oxygen atoms in total. The molecule has 0 saturated carbocycles. The average molecular weight is 258 g/mol. The fourth-order valence-corrected chi connectivity index (χ4v) is 2.53. The van der Waals surface area contributed by atoms with Crippen LogP contribution in [0.4, 0.5) is 0 Å². The van der Waals surface area contributed by atoms with Crippen LogP contribution in [0, 0.1) is 5.92 Å². The van der Waals surface area contributed by atoms with E-state index >= 15 is 0 Å². The second-order valence-electron chi connectivity index (χ2n) is 5.24. The van der Waals surface area contributed by atoms with Gasteiger partial charge in [-0.05, 0) is 25.8 Å². The highest BCUT2D eigenvalue weighted by Crippen LogP contribution is 2.14. The van der Waals surface area contributed by atoms with Crippen molar-refractivity contribution in [1.82, 2.24) is 10.2 Å². The van der Waals surface area contributed by atoms with E-state index in [-0.39, 0.29) is 0 Å². The van der Waals surface area contributed by atoms with Crippen LogP contribution in [-0.2, 0) is 4.74 Å². The lowest BCUT2D eigenvalue weighted by Crippen LogP contribution is -2.48. The van der Waals surface area contributed by atoms with Crippen molar-refractivity contribution in [3.8, 4) is 0 Å². The van der Waals surface area contributed by atoms with Gasteiger partial charge in [-0.15, -0.1) is 0 Å². The van der Waals surface area contributed by atoms with Crippen molar-refractivity contribution in [2.24, 2.45) is 5.92 Å². The van der Waals surface area contributed by atoms with Gasteiger partial charge in [0.15, 0.2) is 0 Å². The molecular weight excluding hydrogens is 224 g/mol.